The number of nitrogens with one attached hydrogen (secondary N) is 1. The molecular weight excluding hydrogens is 342 g/mol. The first kappa shape index (κ1) is 19.0. The smallest absolute Gasteiger partial charge is 0.317 e. The number of carbonyl (C=O) groups excluding carboxylic acids is 2. The number of likely N-dealkylation sites (tertiary alicyclic amines) is 1. The van der Waals surface area contributed by atoms with Gasteiger partial charge in [0, 0.05) is 31.6 Å². The SMILES string of the molecule is COc1ccc2ccccc2c1CNC(=O)N1CCCC(CCC(N)=O)C1. The molecule has 6 nitrogen and oxygen atoms in total. The number of hydrogen-bond donors (Lipinski definition) is 2. The number of nitrogens with two attached hydrogens (primary N) is 1. The zero-order chi connectivity index (χ0) is 19.2. The number of amides is 3. The van der Waals surface area contributed by atoms with Crippen LogP contribution in [0.1, 0.15) is 31.2 Å². The van der Waals surface area contributed by atoms with Crippen molar-refractivity contribution in [2.24, 2.45) is 11.7 Å². The zero-order valence-electron chi connectivity index (χ0n) is 15.7. The van der Waals surface area contributed by atoms with E-state index in [1.54, 1.807) is 7.11 Å². The third-order valence-electron chi connectivity index (χ3n) is 5.24. The maximum atomic E-state index is 12.7. The summed E-state index contributed by atoms with van der Waals surface area (Å²) < 4.78 is 5.49. The third-order valence-corrected chi connectivity index (χ3v) is 5.24. The molecule has 0 bridgehead atoms. The molecule has 144 valence electrons. The van der Waals surface area contributed by atoms with Gasteiger partial charge in [0.25, 0.3) is 0 Å². The van der Waals surface area contributed by atoms with E-state index in [1.165, 1.54) is 0 Å². The molecule has 1 fully saturated rings. The summed E-state index contributed by atoms with van der Waals surface area (Å²) in [7, 11) is 1.64. The Bertz CT molecular complexity index is 821. The first-order chi connectivity index (χ1) is 13.1. The molecule has 2 aromatic rings. The second kappa shape index (κ2) is 8.75. The van der Waals surface area contributed by atoms with Gasteiger partial charge in [0.15, 0.2) is 0 Å². The van der Waals surface area contributed by atoms with Crippen LogP contribution >= 0.6 is 0 Å². The number of benzene rings is 2. The number of hydrogen-bond acceptors (Lipinski definition) is 3. The molecule has 0 aromatic heterocycles. The summed E-state index contributed by atoms with van der Waals surface area (Å²) in [6.07, 6.45) is 3.12. The number of ether oxygens (including phenoxy) is 1. The molecule has 0 spiro atoms. The van der Waals surface area contributed by atoms with Crippen LogP contribution in [0.3, 0.4) is 0 Å². The molecule has 1 aliphatic heterocycles. The van der Waals surface area contributed by atoms with E-state index in [9.17, 15) is 9.59 Å². The van der Waals surface area contributed by atoms with E-state index in [0.717, 1.165) is 47.9 Å². The maximum Gasteiger partial charge on any atom is 0.317 e. The Morgan fingerprint density at radius 3 is 2.85 bits per heavy atom. The van der Waals surface area contributed by atoms with Crippen molar-refractivity contribution in [3.8, 4) is 5.75 Å². The van der Waals surface area contributed by atoms with Crippen molar-refractivity contribution in [1.82, 2.24) is 10.2 Å². The normalized spacial score (nSPS) is 16.9. The lowest BCUT2D eigenvalue weighted by Gasteiger charge is -2.32. The van der Waals surface area contributed by atoms with Crippen LogP contribution < -0.4 is 15.8 Å². The lowest BCUT2D eigenvalue weighted by atomic mass is 9.93. The predicted molar refractivity (Wildman–Crippen MR) is 105 cm³/mol. The van der Waals surface area contributed by atoms with Crippen LogP contribution in [-0.4, -0.2) is 37.0 Å². The molecule has 0 aliphatic carbocycles. The fourth-order valence-corrected chi connectivity index (χ4v) is 3.80. The quantitative estimate of drug-likeness (QED) is 0.821. The summed E-state index contributed by atoms with van der Waals surface area (Å²) in [5, 5.41) is 5.23. The molecule has 0 radical (unpaired) electrons. The monoisotopic (exact) mass is 369 g/mol. The van der Waals surface area contributed by atoms with E-state index in [-0.39, 0.29) is 11.9 Å². The van der Waals surface area contributed by atoms with Gasteiger partial charge in [-0.2, -0.15) is 0 Å². The molecule has 6 heteroatoms. The van der Waals surface area contributed by atoms with Crippen LogP contribution in [0.2, 0.25) is 0 Å². The van der Waals surface area contributed by atoms with Gasteiger partial charge < -0.3 is 20.7 Å². The topological polar surface area (TPSA) is 84.7 Å². The maximum absolute atomic E-state index is 12.7. The molecule has 1 atom stereocenters. The Kier molecular flexibility index (Phi) is 6.16. The van der Waals surface area contributed by atoms with Crippen molar-refractivity contribution in [2.45, 2.75) is 32.2 Å². The van der Waals surface area contributed by atoms with Crippen molar-refractivity contribution in [1.29, 1.82) is 0 Å². The lowest BCUT2D eigenvalue weighted by molar-refractivity contribution is -0.118. The summed E-state index contributed by atoms with van der Waals surface area (Å²) in [5.74, 6) is 0.829. The summed E-state index contributed by atoms with van der Waals surface area (Å²) in [4.78, 5) is 25.5. The third kappa shape index (κ3) is 4.70. The Morgan fingerprint density at radius 1 is 1.26 bits per heavy atom. The Morgan fingerprint density at radius 2 is 2.07 bits per heavy atom. The summed E-state index contributed by atoms with van der Waals surface area (Å²) in [6, 6.07) is 12.0. The Balaban J connectivity index is 1.65. The van der Waals surface area contributed by atoms with E-state index in [4.69, 9.17) is 10.5 Å². The molecule has 27 heavy (non-hydrogen) atoms. The number of primary amides is 1. The summed E-state index contributed by atoms with van der Waals surface area (Å²) in [5.41, 5.74) is 6.22. The van der Waals surface area contributed by atoms with Gasteiger partial charge in [0.05, 0.1) is 7.11 Å². The minimum absolute atomic E-state index is 0.0752. The predicted octanol–water partition coefficient (Wildman–Crippen LogP) is 3.04. The molecule has 2 aromatic carbocycles. The molecular formula is C21H27N3O3. The molecule has 3 N–H and O–H groups in total. The molecule has 3 rings (SSSR count). The highest BCUT2D eigenvalue weighted by Gasteiger charge is 2.24. The number of methoxy groups -OCH3 is 1. The lowest BCUT2D eigenvalue weighted by Crippen LogP contribution is -2.45. The Labute approximate surface area is 159 Å². The van der Waals surface area contributed by atoms with Crippen molar-refractivity contribution < 1.29 is 14.3 Å². The number of piperidine rings is 1. The Hall–Kier alpha value is -2.76. The van der Waals surface area contributed by atoms with Gasteiger partial charge in [-0.25, -0.2) is 4.79 Å². The first-order valence-corrected chi connectivity index (χ1v) is 9.44. The van der Waals surface area contributed by atoms with Crippen molar-refractivity contribution in [3.63, 3.8) is 0 Å². The summed E-state index contributed by atoms with van der Waals surface area (Å²) in [6.45, 7) is 1.82. The molecule has 1 unspecified atom stereocenters. The van der Waals surface area contributed by atoms with Crippen molar-refractivity contribution >= 4 is 22.7 Å². The number of rotatable bonds is 6. The highest BCUT2D eigenvalue weighted by atomic mass is 16.5. The number of carbonyl (C=O) groups is 2. The van der Waals surface area contributed by atoms with Gasteiger partial charge in [-0.1, -0.05) is 30.3 Å². The minimum atomic E-state index is -0.278. The van der Waals surface area contributed by atoms with Gasteiger partial charge in [-0.15, -0.1) is 0 Å². The van der Waals surface area contributed by atoms with Crippen LogP contribution in [0, 0.1) is 5.92 Å². The largest absolute Gasteiger partial charge is 0.496 e. The number of nitrogens with zero attached hydrogens (tertiary/aromatic N) is 1. The van der Waals surface area contributed by atoms with E-state index in [1.807, 2.05) is 41.3 Å². The summed E-state index contributed by atoms with van der Waals surface area (Å²) >= 11 is 0. The number of fused-ring (bicyclic) bond motifs is 1. The van der Waals surface area contributed by atoms with E-state index >= 15 is 0 Å². The van der Waals surface area contributed by atoms with Crippen LogP contribution in [0.4, 0.5) is 4.79 Å². The van der Waals surface area contributed by atoms with Crippen LogP contribution in [0.25, 0.3) is 10.8 Å². The van der Waals surface area contributed by atoms with Gasteiger partial charge in [-0.05, 0) is 42.0 Å². The van der Waals surface area contributed by atoms with Crippen LogP contribution in [0.15, 0.2) is 36.4 Å². The molecule has 0 saturated carbocycles. The van der Waals surface area contributed by atoms with Crippen LogP contribution in [0.5, 0.6) is 5.75 Å². The number of urea groups is 1. The van der Waals surface area contributed by atoms with E-state index < -0.39 is 0 Å². The average Bonchev–Trinajstić information content (AvgIpc) is 2.70. The standard InChI is InChI=1S/C21H27N3O3/c1-27-19-10-9-16-6-2-3-7-17(16)18(19)13-23-21(26)24-12-4-5-15(14-24)8-11-20(22)25/h2-3,6-7,9-10,15H,4-5,8,11-14H2,1H3,(H2,22,25)(H,23,26). The molecule has 3 amide bonds. The van der Waals surface area contributed by atoms with Gasteiger partial charge in [-0.3, -0.25) is 4.79 Å². The van der Waals surface area contributed by atoms with Gasteiger partial charge in [0.1, 0.15) is 5.75 Å². The molecule has 1 saturated heterocycles. The second-order valence-electron chi connectivity index (χ2n) is 7.09. The average molecular weight is 369 g/mol. The highest BCUT2D eigenvalue weighted by Crippen LogP contribution is 2.28. The highest BCUT2D eigenvalue weighted by molar-refractivity contribution is 5.88. The van der Waals surface area contributed by atoms with Gasteiger partial charge >= 0.3 is 6.03 Å². The van der Waals surface area contributed by atoms with Crippen molar-refractivity contribution in [3.05, 3.63) is 42.0 Å². The minimum Gasteiger partial charge on any atom is -0.496 e. The first-order valence-electron chi connectivity index (χ1n) is 9.44. The molecule has 1 aliphatic rings. The molecule has 1 heterocycles. The van der Waals surface area contributed by atoms with Crippen molar-refractivity contribution in [2.75, 3.05) is 20.2 Å². The van der Waals surface area contributed by atoms with E-state index in [2.05, 4.69) is 5.32 Å². The zero-order valence-corrected chi connectivity index (χ0v) is 15.7. The van der Waals surface area contributed by atoms with Gasteiger partial charge in [0.2, 0.25) is 5.91 Å². The fourth-order valence-electron chi connectivity index (χ4n) is 3.80. The second-order valence-corrected chi connectivity index (χ2v) is 7.09. The van der Waals surface area contributed by atoms with E-state index in [0.29, 0.717) is 25.4 Å². The fraction of sp³-hybridized carbons (Fsp3) is 0.429. The van der Waals surface area contributed by atoms with Crippen LogP contribution in [-0.2, 0) is 11.3 Å².